The summed E-state index contributed by atoms with van der Waals surface area (Å²) < 4.78 is 5.93. The van der Waals surface area contributed by atoms with Gasteiger partial charge >= 0.3 is 5.97 Å². The average molecular weight is 308 g/mol. The third kappa shape index (κ3) is 3.07. The van der Waals surface area contributed by atoms with Crippen LogP contribution >= 0.6 is 15.9 Å². The molecule has 18 heavy (non-hydrogen) atoms. The highest BCUT2D eigenvalue weighted by molar-refractivity contribution is 9.10. The fourth-order valence-electron chi connectivity index (χ4n) is 1.31. The molecule has 0 fully saturated rings. The van der Waals surface area contributed by atoms with Crippen molar-refractivity contribution in [2.75, 3.05) is 0 Å². The minimum atomic E-state index is -0.512. The van der Waals surface area contributed by atoms with Crippen LogP contribution in [0.4, 0.5) is 0 Å². The minimum Gasteiger partial charge on any atom is -0.463 e. The number of oxime groups is 1. The lowest BCUT2D eigenvalue weighted by Crippen LogP contribution is -2.03. The molecular weight excluding hydrogens is 298 g/mol. The first-order valence-corrected chi connectivity index (χ1v) is 6.01. The maximum atomic E-state index is 11.7. The van der Waals surface area contributed by atoms with Crippen LogP contribution in [0, 0.1) is 0 Å². The summed E-state index contributed by atoms with van der Waals surface area (Å²) in [6.07, 6.45) is 1.53. The van der Waals surface area contributed by atoms with Crippen LogP contribution in [0.15, 0.2) is 56.7 Å². The standard InChI is InChI=1S/C13H10BrNO3/c1-9(12-6-3-7-17-12)15-18-13(16)10-4-2-5-11(14)8-10/h2-8H,1H3/b15-9+. The molecule has 0 saturated heterocycles. The number of hydrogen-bond acceptors (Lipinski definition) is 4. The molecule has 0 saturated carbocycles. The number of rotatable bonds is 3. The van der Waals surface area contributed by atoms with Crippen LogP contribution in [-0.2, 0) is 4.84 Å². The lowest BCUT2D eigenvalue weighted by atomic mass is 10.2. The minimum absolute atomic E-state index is 0.431. The van der Waals surface area contributed by atoms with Gasteiger partial charge in [0.05, 0.1) is 11.8 Å². The summed E-state index contributed by atoms with van der Waals surface area (Å²) in [5, 5.41) is 3.73. The van der Waals surface area contributed by atoms with Crippen LogP contribution in [0.3, 0.4) is 0 Å². The molecular formula is C13H10BrNO3. The highest BCUT2D eigenvalue weighted by Gasteiger charge is 2.08. The number of carbonyl (C=O) groups excluding carboxylic acids is 1. The van der Waals surface area contributed by atoms with Crippen LogP contribution in [-0.4, -0.2) is 11.7 Å². The average Bonchev–Trinajstić information content (AvgIpc) is 2.89. The number of hydrogen-bond donors (Lipinski definition) is 0. The predicted octanol–water partition coefficient (Wildman–Crippen LogP) is 3.62. The Bertz CT molecular complexity index is 576. The summed E-state index contributed by atoms with van der Waals surface area (Å²) in [4.78, 5) is 16.5. The SMILES string of the molecule is C/C(=N\OC(=O)c1cccc(Br)c1)c1ccco1. The van der Waals surface area contributed by atoms with Crippen molar-refractivity contribution in [3.05, 3.63) is 58.5 Å². The van der Waals surface area contributed by atoms with Gasteiger partial charge in [-0.05, 0) is 37.3 Å². The van der Waals surface area contributed by atoms with Crippen LogP contribution in [0.5, 0.6) is 0 Å². The van der Waals surface area contributed by atoms with Crippen molar-refractivity contribution in [3.63, 3.8) is 0 Å². The molecule has 1 aromatic carbocycles. The molecule has 0 bridgehead atoms. The zero-order valence-electron chi connectivity index (χ0n) is 9.59. The van der Waals surface area contributed by atoms with Crippen molar-refractivity contribution in [2.24, 2.45) is 5.16 Å². The van der Waals surface area contributed by atoms with Gasteiger partial charge in [0.15, 0.2) is 5.76 Å². The highest BCUT2D eigenvalue weighted by Crippen LogP contribution is 2.12. The first-order valence-electron chi connectivity index (χ1n) is 5.22. The first kappa shape index (κ1) is 12.6. The van der Waals surface area contributed by atoms with E-state index in [1.165, 1.54) is 6.26 Å². The summed E-state index contributed by atoms with van der Waals surface area (Å²) in [6.45, 7) is 1.70. The Balaban J connectivity index is 2.07. The molecule has 2 rings (SSSR count). The third-order valence-electron chi connectivity index (χ3n) is 2.20. The fraction of sp³-hybridized carbons (Fsp3) is 0.0769. The molecule has 5 heteroatoms. The molecule has 2 aromatic rings. The summed E-state index contributed by atoms with van der Waals surface area (Å²) in [5.74, 6) is 0.0549. The zero-order valence-corrected chi connectivity index (χ0v) is 11.2. The second kappa shape index (κ2) is 5.64. The summed E-state index contributed by atoms with van der Waals surface area (Å²) in [5.41, 5.74) is 0.934. The molecule has 1 aromatic heterocycles. The van der Waals surface area contributed by atoms with Crippen LogP contribution in [0.2, 0.25) is 0 Å². The molecule has 92 valence electrons. The van der Waals surface area contributed by atoms with E-state index in [0.717, 1.165) is 4.47 Å². The van der Waals surface area contributed by atoms with Crippen molar-refractivity contribution >= 4 is 27.6 Å². The Labute approximate surface area is 112 Å². The molecule has 0 radical (unpaired) electrons. The largest absolute Gasteiger partial charge is 0.463 e. The van der Waals surface area contributed by atoms with Crippen molar-refractivity contribution in [1.82, 2.24) is 0 Å². The van der Waals surface area contributed by atoms with Gasteiger partial charge in [-0.3, -0.25) is 0 Å². The van der Waals surface area contributed by atoms with E-state index < -0.39 is 5.97 Å². The third-order valence-corrected chi connectivity index (χ3v) is 2.70. The number of halogens is 1. The van der Waals surface area contributed by atoms with E-state index in [-0.39, 0.29) is 0 Å². The van der Waals surface area contributed by atoms with Crippen LogP contribution in [0.1, 0.15) is 23.0 Å². The van der Waals surface area contributed by atoms with Gasteiger partial charge in [0, 0.05) is 4.47 Å². The Hall–Kier alpha value is -1.88. The zero-order chi connectivity index (χ0) is 13.0. The molecule has 0 N–H and O–H groups in total. The van der Waals surface area contributed by atoms with Crippen molar-refractivity contribution in [2.45, 2.75) is 6.92 Å². The molecule has 0 unspecified atom stereocenters. The van der Waals surface area contributed by atoms with Gasteiger partial charge in [-0.1, -0.05) is 27.2 Å². The number of carbonyl (C=O) groups is 1. The molecule has 1 heterocycles. The molecule has 0 spiro atoms. The second-order valence-electron chi connectivity index (χ2n) is 3.54. The molecule has 0 aliphatic rings. The normalized spacial score (nSPS) is 11.3. The first-order chi connectivity index (χ1) is 8.66. The second-order valence-corrected chi connectivity index (χ2v) is 4.46. The predicted molar refractivity (Wildman–Crippen MR) is 70.5 cm³/mol. The van der Waals surface area contributed by atoms with E-state index in [2.05, 4.69) is 21.1 Å². The van der Waals surface area contributed by atoms with Gasteiger partial charge < -0.3 is 9.25 Å². The quantitative estimate of drug-likeness (QED) is 0.494. The van der Waals surface area contributed by atoms with Gasteiger partial charge in [0.25, 0.3) is 0 Å². The van der Waals surface area contributed by atoms with Gasteiger partial charge in [0.1, 0.15) is 5.71 Å². The molecule has 0 atom stereocenters. The van der Waals surface area contributed by atoms with Crippen molar-refractivity contribution in [3.8, 4) is 0 Å². The van der Waals surface area contributed by atoms with E-state index in [1.807, 2.05) is 6.07 Å². The van der Waals surface area contributed by atoms with E-state index in [0.29, 0.717) is 17.0 Å². The van der Waals surface area contributed by atoms with Gasteiger partial charge in [0.2, 0.25) is 0 Å². The van der Waals surface area contributed by atoms with Crippen LogP contribution < -0.4 is 0 Å². The number of furan rings is 1. The Morgan fingerprint density at radius 2 is 2.17 bits per heavy atom. The lowest BCUT2D eigenvalue weighted by Gasteiger charge is -1.99. The maximum absolute atomic E-state index is 11.7. The summed E-state index contributed by atoms with van der Waals surface area (Å²) >= 11 is 3.28. The van der Waals surface area contributed by atoms with Gasteiger partial charge in [-0.15, -0.1) is 0 Å². The van der Waals surface area contributed by atoms with E-state index in [1.54, 1.807) is 37.3 Å². The smallest absolute Gasteiger partial charge is 0.365 e. The molecule has 0 amide bonds. The van der Waals surface area contributed by atoms with Gasteiger partial charge in [-0.2, -0.15) is 0 Å². The Kier molecular flexibility index (Phi) is 3.94. The molecule has 4 nitrogen and oxygen atoms in total. The van der Waals surface area contributed by atoms with Crippen molar-refractivity contribution < 1.29 is 14.0 Å². The fourth-order valence-corrected chi connectivity index (χ4v) is 1.71. The topological polar surface area (TPSA) is 51.8 Å². The lowest BCUT2D eigenvalue weighted by molar-refractivity contribution is 0.0516. The highest BCUT2D eigenvalue weighted by atomic mass is 79.9. The van der Waals surface area contributed by atoms with E-state index >= 15 is 0 Å². The molecule has 0 aliphatic heterocycles. The monoisotopic (exact) mass is 307 g/mol. The number of nitrogens with zero attached hydrogens (tertiary/aromatic N) is 1. The van der Waals surface area contributed by atoms with Gasteiger partial charge in [-0.25, -0.2) is 4.79 Å². The summed E-state index contributed by atoms with van der Waals surface area (Å²) in [6, 6.07) is 10.4. The van der Waals surface area contributed by atoms with E-state index in [4.69, 9.17) is 9.25 Å². The van der Waals surface area contributed by atoms with Crippen LogP contribution in [0.25, 0.3) is 0 Å². The summed E-state index contributed by atoms with van der Waals surface area (Å²) in [7, 11) is 0. The maximum Gasteiger partial charge on any atom is 0.365 e. The molecule has 0 aliphatic carbocycles. The number of benzene rings is 1. The Morgan fingerprint density at radius 1 is 1.33 bits per heavy atom. The Morgan fingerprint density at radius 3 is 2.83 bits per heavy atom. The van der Waals surface area contributed by atoms with Crippen molar-refractivity contribution in [1.29, 1.82) is 0 Å². The van der Waals surface area contributed by atoms with E-state index in [9.17, 15) is 4.79 Å².